The first-order valence-electron chi connectivity index (χ1n) is 13.3. The quantitative estimate of drug-likeness (QED) is 0.301. The molecule has 1 aromatic carbocycles. The number of benzene rings is 1. The van der Waals surface area contributed by atoms with Gasteiger partial charge in [-0.05, 0) is 55.9 Å². The van der Waals surface area contributed by atoms with Crippen LogP contribution in [0.5, 0.6) is 5.88 Å². The number of ether oxygens (including phenoxy) is 1. The zero-order valence-corrected chi connectivity index (χ0v) is 22.6. The predicted octanol–water partition coefficient (Wildman–Crippen LogP) is 5.65. The molecule has 2 aromatic heterocycles. The molecule has 1 amide bonds. The van der Waals surface area contributed by atoms with Gasteiger partial charge in [0.2, 0.25) is 5.91 Å². The van der Waals surface area contributed by atoms with Crippen LogP contribution in [-0.2, 0) is 9.59 Å². The Kier molecular flexibility index (Phi) is 7.59. The van der Waals surface area contributed by atoms with E-state index < -0.39 is 5.41 Å². The summed E-state index contributed by atoms with van der Waals surface area (Å²) in [6, 6.07) is 12.2. The van der Waals surface area contributed by atoms with Gasteiger partial charge in [0.1, 0.15) is 17.5 Å². The molecule has 2 N–H and O–H groups in total. The summed E-state index contributed by atoms with van der Waals surface area (Å²) in [5.41, 5.74) is 5.10. The Hall–Kier alpha value is -3.16. The van der Waals surface area contributed by atoms with E-state index in [4.69, 9.17) is 16.3 Å². The van der Waals surface area contributed by atoms with Crippen LogP contribution < -0.4 is 4.74 Å². The molecular formula is C30H34ClN3O4. The molecule has 7 nitrogen and oxygen atoms in total. The highest BCUT2D eigenvalue weighted by atomic mass is 35.5. The van der Waals surface area contributed by atoms with Crippen molar-refractivity contribution in [1.82, 2.24) is 14.9 Å². The van der Waals surface area contributed by atoms with Gasteiger partial charge in [-0.15, -0.1) is 0 Å². The molecule has 1 fully saturated rings. The molecule has 0 saturated carbocycles. The van der Waals surface area contributed by atoms with Crippen molar-refractivity contribution in [1.29, 1.82) is 0 Å². The van der Waals surface area contributed by atoms with Crippen molar-refractivity contribution in [2.45, 2.75) is 52.1 Å². The van der Waals surface area contributed by atoms with Gasteiger partial charge in [0.15, 0.2) is 5.88 Å². The zero-order chi connectivity index (χ0) is 26.9. The van der Waals surface area contributed by atoms with Gasteiger partial charge in [-0.2, -0.15) is 0 Å². The average molecular weight is 536 g/mol. The first-order chi connectivity index (χ1) is 18.3. The minimum Gasteiger partial charge on any atom is -0.475 e. The molecule has 38 heavy (non-hydrogen) atoms. The fraction of sp³-hybridized carbons (Fsp3) is 0.433. The first-order valence-corrected chi connectivity index (χ1v) is 13.7. The number of nitrogens with zero attached hydrogens (tertiary/aromatic N) is 2. The Balaban J connectivity index is 1.26. The van der Waals surface area contributed by atoms with Crippen molar-refractivity contribution in [2.24, 2.45) is 11.3 Å². The second-order valence-corrected chi connectivity index (χ2v) is 11.4. The Labute approximate surface area is 227 Å². The van der Waals surface area contributed by atoms with Crippen molar-refractivity contribution in [3.05, 3.63) is 53.2 Å². The van der Waals surface area contributed by atoms with Crippen LogP contribution in [0.2, 0.25) is 5.15 Å². The lowest BCUT2D eigenvalue weighted by Gasteiger charge is -2.36. The number of fused-ring (bicyclic) bond motifs is 1. The minimum absolute atomic E-state index is 0.0114. The van der Waals surface area contributed by atoms with Crippen molar-refractivity contribution in [3.63, 3.8) is 0 Å². The Morgan fingerprint density at radius 2 is 1.89 bits per heavy atom. The highest BCUT2D eigenvalue weighted by Gasteiger charge is 2.34. The molecule has 5 rings (SSSR count). The number of aliphatic hydroxyl groups excluding tert-OH is 1. The standard InChI is InChI=1S/C30H34ClN3O4/c1-30(2,18-36)29(37)34-13-11-23(12-14-34)38-27-16-26-25(32-27)15-24(28(31)33-26)22-9-7-21(8-10-22)20-5-3-19(17-35)4-6-20/h5,7-10,15-17,19,23,32,36H,3-4,6,11-14,18H2,1-2H3. The van der Waals surface area contributed by atoms with Crippen molar-refractivity contribution < 1.29 is 19.4 Å². The number of likely N-dealkylation sites (tertiary alicyclic amines) is 1. The third-order valence-electron chi connectivity index (χ3n) is 7.74. The van der Waals surface area contributed by atoms with Gasteiger partial charge >= 0.3 is 0 Å². The zero-order valence-electron chi connectivity index (χ0n) is 21.9. The highest BCUT2D eigenvalue weighted by molar-refractivity contribution is 6.32. The van der Waals surface area contributed by atoms with E-state index in [-0.39, 0.29) is 24.5 Å². The number of pyridine rings is 1. The summed E-state index contributed by atoms with van der Waals surface area (Å²) in [5.74, 6) is 0.755. The number of halogens is 1. The Morgan fingerprint density at radius 1 is 1.18 bits per heavy atom. The molecule has 1 aliphatic carbocycles. The number of aliphatic hydroxyl groups is 1. The van der Waals surface area contributed by atoms with Gasteiger partial charge in [-0.25, -0.2) is 4.98 Å². The lowest BCUT2D eigenvalue weighted by molar-refractivity contribution is -0.144. The van der Waals surface area contributed by atoms with E-state index in [2.05, 4.69) is 40.3 Å². The summed E-state index contributed by atoms with van der Waals surface area (Å²) < 4.78 is 6.21. The van der Waals surface area contributed by atoms with Gasteiger partial charge in [-0.3, -0.25) is 4.79 Å². The van der Waals surface area contributed by atoms with E-state index in [1.54, 1.807) is 13.8 Å². The maximum atomic E-state index is 12.6. The van der Waals surface area contributed by atoms with Crippen LogP contribution >= 0.6 is 11.6 Å². The van der Waals surface area contributed by atoms with Crippen LogP contribution in [-0.4, -0.2) is 58.0 Å². The van der Waals surface area contributed by atoms with Crippen molar-refractivity contribution in [3.8, 4) is 17.0 Å². The first kappa shape index (κ1) is 26.4. The number of rotatable bonds is 7. The summed E-state index contributed by atoms with van der Waals surface area (Å²) in [5, 5.41) is 9.93. The van der Waals surface area contributed by atoms with Gasteiger partial charge in [0.25, 0.3) is 0 Å². The van der Waals surface area contributed by atoms with Gasteiger partial charge in [-0.1, -0.05) is 41.9 Å². The maximum Gasteiger partial charge on any atom is 0.230 e. The molecule has 1 unspecified atom stereocenters. The number of nitrogens with one attached hydrogen (secondary N) is 1. The van der Waals surface area contributed by atoms with Crippen LogP contribution in [0.4, 0.5) is 0 Å². The summed E-state index contributed by atoms with van der Waals surface area (Å²) >= 11 is 6.59. The number of hydrogen-bond donors (Lipinski definition) is 2. The number of amides is 1. The van der Waals surface area contributed by atoms with Crippen LogP contribution in [0.25, 0.3) is 27.7 Å². The molecule has 0 radical (unpaired) electrons. The summed E-state index contributed by atoms with van der Waals surface area (Å²) in [7, 11) is 0. The fourth-order valence-corrected chi connectivity index (χ4v) is 5.48. The van der Waals surface area contributed by atoms with E-state index >= 15 is 0 Å². The molecule has 3 aromatic rings. The molecule has 200 valence electrons. The van der Waals surface area contributed by atoms with Crippen molar-refractivity contribution in [2.75, 3.05) is 19.7 Å². The normalized spacial score (nSPS) is 18.9. The van der Waals surface area contributed by atoms with E-state index in [1.807, 2.05) is 17.0 Å². The van der Waals surface area contributed by atoms with E-state index in [1.165, 1.54) is 11.1 Å². The van der Waals surface area contributed by atoms with E-state index in [9.17, 15) is 14.7 Å². The SMILES string of the molecule is CC(C)(CO)C(=O)N1CCC(Oc2cc3nc(Cl)c(-c4ccc(C5=CCC(C=O)CC5)cc4)cc3[nH]2)CC1. The molecule has 3 heterocycles. The van der Waals surface area contributed by atoms with Gasteiger partial charge < -0.3 is 24.5 Å². The third kappa shape index (κ3) is 5.49. The molecule has 0 spiro atoms. The minimum atomic E-state index is -0.762. The van der Waals surface area contributed by atoms with Crippen LogP contribution in [0.3, 0.4) is 0 Å². The third-order valence-corrected chi connectivity index (χ3v) is 8.03. The van der Waals surface area contributed by atoms with Gasteiger partial charge in [0, 0.05) is 43.5 Å². The van der Waals surface area contributed by atoms with Crippen LogP contribution in [0, 0.1) is 11.3 Å². The van der Waals surface area contributed by atoms with Crippen LogP contribution in [0.1, 0.15) is 51.5 Å². The number of carbonyl (C=O) groups is 2. The topological polar surface area (TPSA) is 95.5 Å². The maximum absolute atomic E-state index is 12.6. The lowest BCUT2D eigenvalue weighted by Crippen LogP contribution is -2.48. The molecule has 8 heteroatoms. The molecular weight excluding hydrogens is 502 g/mol. The number of aldehydes is 1. The summed E-state index contributed by atoms with van der Waals surface area (Å²) in [6.07, 6.45) is 7.30. The fourth-order valence-electron chi connectivity index (χ4n) is 5.23. The molecule has 2 aliphatic rings. The number of H-pyrrole nitrogens is 1. The van der Waals surface area contributed by atoms with E-state index in [0.29, 0.717) is 24.1 Å². The van der Waals surface area contributed by atoms with Crippen LogP contribution in [0.15, 0.2) is 42.5 Å². The number of aromatic amines is 1. The molecule has 1 saturated heterocycles. The van der Waals surface area contributed by atoms with E-state index in [0.717, 1.165) is 60.6 Å². The molecule has 0 bridgehead atoms. The Bertz CT molecular complexity index is 1350. The summed E-state index contributed by atoms with van der Waals surface area (Å²) in [6.45, 7) is 4.57. The number of aromatic nitrogens is 2. The monoisotopic (exact) mass is 535 g/mol. The second-order valence-electron chi connectivity index (χ2n) is 11.0. The number of allylic oxidation sites excluding steroid dienone is 2. The largest absolute Gasteiger partial charge is 0.475 e. The number of hydrogen-bond acceptors (Lipinski definition) is 5. The molecule has 1 atom stereocenters. The predicted molar refractivity (Wildman–Crippen MR) is 149 cm³/mol. The average Bonchev–Trinajstić information content (AvgIpc) is 3.33. The second kappa shape index (κ2) is 10.9. The highest BCUT2D eigenvalue weighted by Crippen LogP contribution is 2.34. The number of carbonyl (C=O) groups excluding carboxylic acids is 2. The summed E-state index contributed by atoms with van der Waals surface area (Å²) in [4.78, 5) is 33.4. The lowest BCUT2D eigenvalue weighted by atomic mass is 9.87. The number of piperidine rings is 1. The smallest absolute Gasteiger partial charge is 0.230 e. The Morgan fingerprint density at radius 3 is 2.53 bits per heavy atom. The van der Waals surface area contributed by atoms with Gasteiger partial charge in [0.05, 0.1) is 23.1 Å². The molecule has 1 aliphatic heterocycles. The van der Waals surface area contributed by atoms with Crippen molar-refractivity contribution >= 4 is 40.4 Å².